The van der Waals surface area contributed by atoms with Crippen LogP contribution in [0.15, 0.2) is 17.0 Å². The molecule has 114 valence electrons. The average Bonchev–Trinajstić information content (AvgIpc) is 2.58. The Kier molecular flexibility index (Phi) is 3.71. The molecular weight excluding hydrogens is 288 g/mol. The molecule has 0 aliphatic carbocycles. The van der Waals surface area contributed by atoms with Gasteiger partial charge in [0.1, 0.15) is 4.90 Å². The van der Waals surface area contributed by atoms with Crippen LogP contribution >= 0.6 is 0 Å². The van der Waals surface area contributed by atoms with Crippen molar-refractivity contribution in [2.24, 2.45) is 7.05 Å². The quantitative estimate of drug-likeness (QED) is 0.849. The van der Waals surface area contributed by atoms with E-state index in [1.165, 1.54) is 0 Å². The lowest BCUT2D eigenvalue weighted by molar-refractivity contribution is 0.599. The second-order valence-corrected chi connectivity index (χ2v) is 6.88. The van der Waals surface area contributed by atoms with Crippen LogP contribution in [0.2, 0.25) is 0 Å². The Bertz CT molecular complexity index is 784. The molecule has 0 atom stereocenters. The van der Waals surface area contributed by atoms with Crippen LogP contribution in [-0.4, -0.2) is 18.2 Å². The first-order chi connectivity index (χ1) is 9.63. The van der Waals surface area contributed by atoms with Crippen molar-refractivity contribution in [2.75, 3.05) is 10.5 Å². The van der Waals surface area contributed by atoms with Crippen LogP contribution in [0, 0.1) is 27.7 Å². The number of nitrogen functional groups attached to an aromatic ring is 1. The summed E-state index contributed by atoms with van der Waals surface area (Å²) >= 11 is 0. The Balaban J connectivity index is 2.53. The molecule has 21 heavy (non-hydrogen) atoms. The monoisotopic (exact) mass is 308 g/mol. The van der Waals surface area contributed by atoms with Crippen molar-refractivity contribution in [2.45, 2.75) is 32.6 Å². The van der Waals surface area contributed by atoms with Gasteiger partial charge >= 0.3 is 0 Å². The number of anilines is 2. The van der Waals surface area contributed by atoms with Crippen LogP contribution in [-0.2, 0) is 17.1 Å². The predicted octanol–water partition coefficient (Wildman–Crippen LogP) is 2.04. The van der Waals surface area contributed by atoms with E-state index in [9.17, 15) is 8.42 Å². The minimum atomic E-state index is -3.69. The molecule has 0 amide bonds. The summed E-state index contributed by atoms with van der Waals surface area (Å²) < 4.78 is 29.5. The van der Waals surface area contributed by atoms with Crippen LogP contribution in [0.5, 0.6) is 0 Å². The van der Waals surface area contributed by atoms with Crippen molar-refractivity contribution >= 4 is 21.4 Å². The number of aromatic nitrogens is 2. The number of hydrogen-bond acceptors (Lipinski definition) is 4. The summed E-state index contributed by atoms with van der Waals surface area (Å²) in [5, 5.41) is 4.15. The zero-order chi connectivity index (χ0) is 15.9. The number of rotatable bonds is 3. The van der Waals surface area contributed by atoms with Gasteiger partial charge in [-0.25, -0.2) is 8.42 Å². The number of nitrogens with zero attached hydrogens (tertiary/aromatic N) is 2. The van der Waals surface area contributed by atoms with Gasteiger partial charge in [-0.05, 0) is 51.0 Å². The molecule has 0 aliphatic heterocycles. The van der Waals surface area contributed by atoms with E-state index in [4.69, 9.17) is 5.73 Å². The second kappa shape index (κ2) is 5.07. The molecular formula is C14H20N4O2S. The molecule has 0 aliphatic rings. The van der Waals surface area contributed by atoms with Gasteiger partial charge in [-0.15, -0.1) is 0 Å². The highest BCUT2D eigenvalue weighted by Gasteiger charge is 2.24. The molecule has 1 heterocycles. The maximum atomic E-state index is 12.7. The average molecular weight is 308 g/mol. The summed E-state index contributed by atoms with van der Waals surface area (Å²) in [4.78, 5) is 0.223. The summed E-state index contributed by atoms with van der Waals surface area (Å²) in [6.45, 7) is 7.07. The molecule has 0 spiro atoms. The number of nitrogens with one attached hydrogen (secondary N) is 1. The zero-order valence-corrected chi connectivity index (χ0v) is 13.7. The van der Waals surface area contributed by atoms with Crippen molar-refractivity contribution in [3.8, 4) is 0 Å². The van der Waals surface area contributed by atoms with Crippen LogP contribution in [0.4, 0.5) is 11.4 Å². The van der Waals surface area contributed by atoms with Crippen LogP contribution in [0.25, 0.3) is 0 Å². The van der Waals surface area contributed by atoms with E-state index in [0.29, 0.717) is 22.8 Å². The lowest BCUT2D eigenvalue weighted by atomic mass is 10.1. The third-order valence-electron chi connectivity index (χ3n) is 3.50. The van der Waals surface area contributed by atoms with Crippen LogP contribution in [0.3, 0.4) is 0 Å². The highest BCUT2D eigenvalue weighted by atomic mass is 32.2. The normalized spacial score (nSPS) is 11.7. The maximum absolute atomic E-state index is 12.7. The Morgan fingerprint density at radius 2 is 1.67 bits per heavy atom. The van der Waals surface area contributed by atoms with Crippen LogP contribution < -0.4 is 10.5 Å². The molecule has 0 saturated carbocycles. The fourth-order valence-corrected chi connectivity index (χ4v) is 4.13. The van der Waals surface area contributed by atoms with Gasteiger partial charge in [0.15, 0.2) is 0 Å². The van der Waals surface area contributed by atoms with E-state index in [1.807, 2.05) is 13.8 Å². The molecule has 0 fully saturated rings. The van der Waals surface area contributed by atoms with Gasteiger partial charge in [0.25, 0.3) is 10.0 Å². The van der Waals surface area contributed by atoms with Gasteiger partial charge in [0, 0.05) is 12.7 Å². The van der Waals surface area contributed by atoms with Gasteiger partial charge < -0.3 is 5.73 Å². The largest absolute Gasteiger partial charge is 0.399 e. The molecule has 0 radical (unpaired) electrons. The minimum absolute atomic E-state index is 0.223. The number of benzene rings is 1. The smallest absolute Gasteiger partial charge is 0.265 e. The summed E-state index contributed by atoms with van der Waals surface area (Å²) in [5.74, 6) is 0. The predicted molar refractivity (Wildman–Crippen MR) is 83.8 cm³/mol. The number of nitrogens with two attached hydrogens (primary N) is 1. The third kappa shape index (κ3) is 2.73. The lowest BCUT2D eigenvalue weighted by Gasteiger charge is -2.14. The van der Waals surface area contributed by atoms with E-state index < -0.39 is 10.0 Å². The summed E-state index contributed by atoms with van der Waals surface area (Å²) in [7, 11) is -1.96. The molecule has 0 saturated heterocycles. The van der Waals surface area contributed by atoms with Gasteiger partial charge in [-0.1, -0.05) is 0 Å². The van der Waals surface area contributed by atoms with Crippen molar-refractivity contribution in [3.05, 3.63) is 34.6 Å². The first-order valence-electron chi connectivity index (χ1n) is 6.53. The molecule has 2 aromatic rings. The minimum Gasteiger partial charge on any atom is -0.399 e. The number of sulfonamides is 1. The van der Waals surface area contributed by atoms with Crippen molar-refractivity contribution in [1.29, 1.82) is 0 Å². The third-order valence-corrected chi connectivity index (χ3v) is 5.10. The lowest BCUT2D eigenvalue weighted by Crippen LogP contribution is -2.16. The molecule has 3 N–H and O–H groups in total. The van der Waals surface area contributed by atoms with E-state index in [2.05, 4.69) is 9.82 Å². The van der Waals surface area contributed by atoms with Crippen molar-refractivity contribution < 1.29 is 8.42 Å². The molecule has 0 bridgehead atoms. The Morgan fingerprint density at radius 3 is 2.10 bits per heavy atom. The fourth-order valence-electron chi connectivity index (χ4n) is 2.49. The first-order valence-corrected chi connectivity index (χ1v) is 8.01. The summed E-state index contributed by atoms with van der Waals surface area (Å²) in [6.07, 6.45) is 0. The van der Waals surface area contributed by atoms with E-state index in [0.717, 1.165) is 11.1 Å². The molecule has 2 rings (SSSR count). The molecule has 7 heteroatoms. The highest BCUT2D eigenvalue weighted by molar-refractivity contribution is 7.92. The van der Waals surface area contributed by atoms with Gasteiger partial charge in [-0.3, -0.25) is 9.40 Å². The zero-order valence-electron chi connectivity index (χ0n) is 12.9. The fraction of sp³-hybridized carbons (Fsp3) is 0.357. The van der Waals surface area contributed by atoms with E-state index in [1.54, 1.807) is 37.7 Å². The van der Waals surface area contributed by atoms with Crippen LogP contribution in [0.1, 0.15) is 22.5 Å². The molecule has 6 nitrogen and oxygen atoms in total. The Hall–Kier alpha value is -2.02. The highest BCUT2D eigenvalue weighted by Crippen LogP contribution is 2.28. The maximum Gasteiger partial charge on any atom is 0.265 e. The molecule has 1 aromatic heterocycles. The van der Waals surface area contributed by atoms with Gasteiger partial charge in [-0.2, -0.15) is 5.10 Å². The first kappa shape index (κ1) is 15.4. The van der Waals surface area contributed by atoms with E-state index in [-0.39, 0.29) is 4.90 Å². The van der Waals surface area contributed by atoms with Crippen molar-refractivity contribution in [3.63, 3.8) is 0 Å². The summed E-state index contributed by atoms with van der Waals surface area (Å²) in [6, 6.07) is 3.49. The Morgan fingerprint density at radius 1 is 1.14 bits per heavy atom. The van der Waals surface area contributed by atoms with Gasteiger partial charge in [0.05, 0.1) is 17.1 Å². The van der Waals surface area contributed by atoms with Gasteiger partial charge in [0.2, 0.25) is 0 Å². The topological polar surface area (TPSA) is 90.0 Å². The second-order valence-electron chi connectivity index (χ2n) is 5.26. The standard InChI is InChI=1S/C14H20N4O2S/c1-8-6-12(15)7-9(2)13(8)17-21(19,20)14-10(3)16-18(5)11(14)4/h6-7,17H,15H2,1-5H3. The number of aryl methyl sites for hydroxylation is 4. The SMILES string of the molecule is Cc1cc(N)cc(C)c1NS(=O)(=O)c1c(C)nn(C)c1C. The summed E-state index contributed by atoms with van der Waals surface area (Å²) in [5.41, 5.74) is 9.60. The van der Waals surface area contributed by atoms with Crippen molar-refractivity contribution in [1.82, 2.24) is 9.78 Å². The molecule has 1 aromatic carbocycles. The Labute approximate surface area is 125 Å². The molecule has 0 unspecified atom stereocenters. The van der Waals surface area contributed by atoms with E-state index >= 15 is 0 Å². The number of hydrogen-bond donors (Lipinski definition) is 2.